The molecule has 17 heavy (non-hydrogen) atoms. The number of hydrogen-bond acceptors (Lipinski definition) is 2. The first-order chi connectivity index (χ1) is 8.16. The Hall–Kier alpha value is -1.22. The summed E-state index contributed by atoms with van der Waals surface area (Å²) in [6.07, 6.45) is 3.56. The minimum Gasteiger partial charge on any atom is -0.397 e. The number of para-hydroxylation sites is 1. The van der Waals surface area contributed by atoms with Gasteiger partial charge in [0.05, 0.1) is 16.3 Å². The standard InChI is InChI=1S/C13H15ClN2O/c14-11-3-1-2-10(12(11)15)13(17)16-7-8-4-5-9(16)6-8/h1-3,8-9H,4-7,15H2. The molecule has 0 aromatic heterocycles. The number of carbonyl (C=O) groups excluding carboxylic acids is 1. The van der Waals surface area contributed by atoms with E-state index in [1.54, 1.807) is 18.2 Å². The smallest absolute Gasteiger partial charge is 0.256 e. The summed E-state index contributed by atoms with van der Waals surface area (Å²) in [4.78, 5) is 14.4. The molecule has 1 aromatic carbocycles. The molecule has 2 aliphatic rings. The molecule has 1 aliphatic carbocycles. The maximum Gasteiger partial charge on any atom is 0.256 e. The number of hydrogen-bond donors (Lipinski definition) is 1. The highest BCUT2D eigenvalue weighted by Gasteiger charge is 2.40. The van der Waals surface area contributed by atoms with Gasteiger partial charge in [0.2, 0.25) is 0 Å². The summed E-state index contributed by atoms with van der Waals surface area (Å²) in [7, 11) is 0. The van der Waals surface area contributed by atoms with E-state index in [2.05, 4.69) is 0 Å². The number of anilines is 1. The van der Waals surface area contributed by atoms with Crippen LogP contribution in [0.25, 0.3) is 0 Å². The number of amides is 1. The first-order valence-corrected chi connectivity index (χ1v) is 6.39. The Bertz CT molecular complexity index is 474. The molecule has 1 heterocycles. The van der Waals surface area contributed by atoms with Crippen LogP contribution in [0.3, 0.4) is 0 Å². The van der Waals surface area contributed by atoms with Crippen molar-refractivity contribution in [3.63, 3.8) is 0 Å². The zero-order valence-corrected chi connectivity index (χ0v) is 10.3. The van der Waals surface area contributed by atoms with Gasteiger partial charge in [0.1, 0.15) is 0 Å². The van der Waals surface area contributed by atoms with Crippen molar-refractivity contribution in [1.29, 1.82) is 0 Å². The normalized spacial score (nSPS) is 26.5. The SMILES string of the molecule is Nc1c(Cl)cccc1C(=O)N1CC2CCC1C2. The fraction of sp³-hybridized carbons (Fsp3) is 0.462. The Morgan fingerprint density at radius 3 is 2.88 bits per heavy atom. The summed E-state index contributed by atoms with van der Waals surface area (Å²) in [5.41, 5.74) is 6.82. The molecule has 1 aliphatic heterocycles. The topological polar surface area (TPSA) is 46.3 Å². The molecule has 3 rings (SSSR count). The summed E-state index contributed by atoms with van der Waals surface area (Å²) in [6, 6.07) is 5.67. The van der Waals surface area contributed by atoms with Crippen LogP contribution in [0.2, 0.25) is 5.02 Å². The van der Waals surface area contributed by atoms with Gasteiger partial charge in [-0.1, -0.05) is 17.7 Å². The molecule has 2 N–H and O–H groups in total. The summed E-state index contributed by atoms with van der Waals surface area (Å²) < 4.78 is 0. The number of fused-ring (bicyclic) bond motifs is 2. The Morgan fingerprint density at radius 2 is 2.24 bits per heavy atom. The van der Waals surface area contributed by atoms with Crippen molar-refractivity contribution in [2.24, 2.45) is 5.92 Å². The van der Waals surface area contributed by atoms with Gasteiger partial charge in [0.25, 0.3) is 5.91 Å². The number of likely N-dealkylation sites (tertiary alicyclic amines) is 1. The van der Waals surface area contributed by atoms with Crippen LogP contribution in [-0.2, 0) is 0 Å². The molecule has 0 spiro atoms. The Labute approximate surface area is 106 Å². The maximum absolute atomic E-state index is 12.4. The second-order valence-electron chi connectivity index (χ2n) is 4.99. The molecule has 1 aromatic rings. The quantitative estimate of drug-likeness (QED) is 0.779. The van der Waals surface area contributed by atoms with Gasteiger partial charge in [0.15, 0.2) is 0 Å². The molecule has 2 bridgehead atoms. The van der Waals surface area contributed by atoms with Crippen molar-refractivity contribution < 1.29 is 4.79 Å². The van der Waals surface area contributed by atoms with E-state index in [-0.39, 0.29) is 5.91 Å². The van der Waals surface area contributed by atoms with E-state index in [1.807, 2.05) is 4.90 Å². The van der Waals surface area contributed by atoms with Gasteiger partial charge in [-0.25, -0.2) is 0 Å². The molecule has 3 nitrogen and oxygen atoms in total. The Kier molecular flexibility index (Phi) is 2.51. The average molecular weight is 251 g/mol. The number of nitrogens with zero attached hydrogens (tertiary/aromatic N) is 1. The van der Waals surface area contributed by atoms with E-state index >= 15 is 0 Å². The number of nitrogens with two attached hydrogens (primary N) is 1. The van der Waals surface area contributed by atoms with Crippen LogP contribution in [0, 0.1) is 5.92 Å². The Morgan fingerprint density at radius 1 is 1.41 bits per heavy atom. The van der Waals surface area contributed by atoms with E-state index < -0.39 is 0 Å². The van der Waals surface area contributed by atoms with Crippen LogP contribution < -0.4 is 5.73 Å². The summed E-state index contributed by atoms with van der Waals surface area (Å²) in [5, 5.41) is 0.459. The van der Waals surface area contributed by atoms with E-state index in [4.69, 9.17) is 17.3 Å². The molecular weight excluding hydrogens is 236 g/mol. The van der Waals surface area contributed by atoms with Gasteiger partial charge < -0.3 is 10.6 Å². The highest BCUT2D eigenvalue weighted by molar-refractivity contribution is 6.33. The number of halogens is 1. The molecule has 2 fully saturated rings. The predicted molar refractivity (Wildman–Crippen MR) is 68.0 cm³/mol. The Balaban J connectivity index is 1.89. The minimum absolute atomic E-state index is 0.0391. The van der Waals surface area contributed by atoms with Crippen molar-refractivity contribution in [3.05, 3.63) is 28.8 Å². The molecule has 1 amide bonds. The predicted octanol–water partition coefficient (Wildman–Crippen LogP) is 2.55. The van der Waals surface area contributed by atoms with Crippen LogP contribution in [0.15, 0.2) is 18.2 Å². The van der Waals surface area contributed by atoms with Crippen LogP contribution >= 0.6 is 11.6 Å². The van der Waals surface area contributed by atoms with Gasteiger partial charge in [0, 0.05) is 12.6 Å². The fourth-order valence-electron chi connectivity index (χ4n) is 3.05. The third kappa shape index (κ3) is 1.69. The molecule has 0 radical (unpaired) electrons. The van der Waals surface area contributed by atoms with Crippen molar-refractivity contribution in [3.8, 4) is 0 Å². The maximum atomic E-state index is 12.4. The van der Waals surface area contributed by atoms with E-state index in [9.17, 15) is 4.79 Å². The number of rotatable bonds is 1. The van der Waals surface area contributed by atoms with Gasteiger partial charge in [-0.3, -0.25) is 4.79 Å². The molecule has 1 saturated carbocycles. The lowest BCUT2D eigenvalue weighted by Crippen LogP contribution is -2.37. The lowest BCUT2D eigenvalue weighted by molar-refractivity contribution is 0.0704. The highest BCUT2D eigenvalue weighted by atomic mass is 35.5. The second kappa shape index (κ2) is 3.91. The summed E-state index contributed by atoms with van der Waals surface area (Å²) in [5.74, 6) is 0.738. The molecule has 4 heteroatoms. The van der Waals surface area contributed by atoms with Crippen molar-refractivity contribution >= 4 is 23.2 Å². The van der Waals surface area contributed by atoms with E-state index in [0.717, 1.165) is 19.4 Å². The largest absolute Gasteiger partial charge is 0.397 e. The van der Waals surface area contributed by atoms with Crippen LogP contribution in [-0.4, -0.2) is 23.4 Å². The molecular formula is C13H15ClN2O. The van der Waals surface area contributed by atoms with Crippen LogP contribution in [0.4, 0.5) is 5.69 Å². The number of benzene rings is 1. The third-order valence-corrected chi connectivity index (χ3v) is 4.28. The first-order valence-electron chi connectivity index (χ1n) is 6.02. The first kappa shape index (κ1) is 10.9. The van der Waals surface area contributed by atoms with Crippen molar-refractivity contribution in [2.75, 3.05) is 12.3 Å². The molecule has 2 unspecified atom stereocenters. The zero-order valence-electron chi connectivity index (χ0n) is 9.53. The van der Waals surface area contributed by atoms with E-state index in [0.29, 0.717) is 28.2 Å². The lowest BCUT2D eigenvalue weighted by atomic mass is 10.1. The molecule has 2 atom stereocenters. The second-order valence-corrected chi connectivity index (χ2v) is 5.40. The van der Waals surface area contributed by atoms with E-state index in [1.165, 1.54) is 6.42 Å². The number of carbonyl (C=O) groups is 1. The highest BCUT2D eigenvalue weighted by Crippen LogP contribution is 2.38. The van der Waals surface area contributed by atoms with Gasteiger partial charge in [-0.2, -0.15) is 0 Å². The third-order valence-electron chi connectivity index (χ3n) is 3.95. The summed E-state index contributed by atoms with van der Waals surface area (Å²) >= 11 is 5.95. The monoisotopic (exact) mass is 250 g/mol. The fourth-order valence-corrected chi connectivity index (χ4v) is 3.23. The van der Waals surface area contributed by atoms with Gasteiger partial charge in [-0.15, -0.1) is 0 Å². The molecule has 90 valence electrons. The molecule has 1 saturated heterocycles. The number of nitrogen functional groups attached to an aromatic ring is 1. The van der Waals surface area contributed by atoms with Crippen molar-refractivity contribution in [2.45, 2.75) is 25.3 Å². The average Bonchev–Trinajstić information content (AvgIpc) is 2.94. The van der Waals surface area contributed by atoms with Gasteiger partial charge >= 0.3 is 0 Å². The summed E-state index contributed by atoms with van der Waals surface area (Å²) in [6.45, 7) is 0.884. The lowest BCUT2D eigenvalue weighted by Gasteiger charge is -2.27. The minimum atomic E-state index is 0.0391. The van der Waals surface area contributed by atoms with Crippen LogP contribution in [0.1, 0.15) is 29.6 Å². The van der Waals surface area contributed by atoms with Crippen LogP contribution in [0.5, 0.6) is 0 Å². The zero-order chi connectivity index (χ0) is 12.0. The van der Waals surface area contributed by atoms with Gasteiger partial charge in [-0.05, 0) is 37.3 Å². The number of piperidine rings is 1. The van der Waals surface area contributed by atoms with Crippen molar-refractivity contribution in [1.82, 2.24) is 4.90 Å².